The summed E-state index contributed by atoms with van der Waals surface area (Å²) in [6, 6.07) is 23.5. The van der Waals surface area contributed by atoms with Crippen LogP contribution in [-0.4, -0.2) is 23.0 Å². The average Bonchev–Trinajstić information content (AvgIpc) is 2.88. The van der Waals surface area contributed by atoms with Crippen LogP contribution in [0.2, 0.25) is 0 Å². The minimum atomic E-state index is -0.504. The summed E-state index contributed by atoms with van der Waals surface area (Å²) in [5, 5.41) is 3.32. The van der Waals surface area contributed by atoms with E-state index >= 15 is 0 Å². The van der Waals surface area contributed by atoms with E-state index in [1.54, 1.807) is 43.5 Å². The Labute approximate surface area is 200 Å². The molecular formula is C26H20N4O3S. The number of nitrogens with one attached hydrogen (secondary N) is 2. The van der Waals surface area contributed by atoms with Crippen LogP contribution < -0.4 is 15.6 Å². The molecule has 0 radical (unpaired) electrons. The summed E-state index contributed by atoms with van der Waals surface area (Å²) in [7, 11) is 1.55. The molecule has 4 rings (SSSR count). The molecule has 0 atom stereocenters. The highest BCUT2D eigenvalue weighted by Crippen LogP contribution is 2.31. The van der Waals surface area contributed by atoms with Gasteiger partial charge >= 0.3 is 0 Å². The SMILES string of the molecule is [C-]#[N+]c1c(-c2cccc(OC)c2)nc(SCc2ccccc2NC(=O)c2ccccc2)[nH]c1=O. The smallest absolute Gasteiger partial charge is 0.276 e. The Morgan fingerprint density at radius 2 is 1.85 bits per heavy atom. The number of nitrogens with zero attached hydrogens (tertiary/aromatic N) is 2. The minimum absolute atomic E-state index is 0.0758. The van der Waals surface area contributed by atoms with Gasteiger partial charge in [0.1, 0.15) is 5.75 Å². The Kier molecular flexibility index (Phi) is 7.06. The van der Waals surface area contributed by atoms with Gasteiger partial charge in [-0.25, -0.2) is 9.83 Å². The topological polar surface area (TPSA) is 88.4 Å². The molecule has 34 heavy (non-hydrogen) atoms. The van der Waals surface area contributed by atoms with Crippen LogP contribution in [0.3, 0.4) is 0 Å². The molecule has 1 aromatic heterocycles. The van der Waals surface area contributed by atoms with Crippen molar-refractivity contribution in [2.45, 2.75) is 10.9 Å². The van der Waals surface area contributed by atoms with Crippen LogP contribution in [0.15, 0.2) is 88.8 Å². The van der Waals surface area contributed by atoms with Crippen molar-refractivity contribution >= 4 is 29.0 Å². The third kappa shape index (κ3) is 5.17. The largest absolute Gasteiger partial charge is 0.497 e. The van der Waals surface area contributed by atoms with E-state index in [9.17, 15) is 9.59 Å². The standard InChI is InChI=1S/C26H20N4O3S/c1-27-23-22(18-12-8-13-20(15-18)33-2)29-26(30-25(23)32)34-16-19-11-6-7-14-21(19)28-24(31)17-9-4-3-5-10-17/h3-15H,16H2,2H3,(H,28,31)(H,29,30,32). The van der Waals surface area contributed by atoms with Gasteiger partial charge in [-0.2, -0.15) is 0 Å². The Balaban J connectivity index is 1.59. The number of carbonyl (C=O) groups excluding carboxylic acids is 1. The fourth-order valence-electron chi connectivity index (χ4n) is 3.29. The lowest BCUT2D eigenvalue weighted by Gasteiger charge is -2.12. The number of rotatable bonds is 7. The first-order chi connectivity index (χ1) is 16.6. The number of H-pyrrole nitrogens is 1. The number of carbonyl (C=O) groups is 1. The van der Waals surface area contributed by atoms with Crippen molar-refractivity contribution in [1.29, 1.82) is 0 Å². The zero-order chi connectivity index (χ0) is 23.9. The second-order valence-corrected chi connectivity index (χ2v) is 8.14. The average molecular weight is 469 g/mol. The van der Waals surface area contributed by atoms with Crippen LogP contribution in [0, 0.1) is 6.57 Å². The van der Waals surface area contributed by atoms with Gasteiger partial charge in [0, 0.05) is 17.0 Å². The van der Waals surface area contributed by atoms with Crippen molar-refractivity contribution in [2.75, 3.05) is 12.4 Å². The lowest BCUT2D eigenvalue weighted by atomic mass is 10.1. The third-order valence-corrected chi connectivity index (χ3v) is 5.92. The maximum Gasteiger partial charge on any atom is 0.276 e. The molecular weight excluding hydrogens is 448 g/mol. The number of aromatic nitrogens is 2. The van der Waals surface area contributed by atoms with E-state index in [1.807, 2.05) is 42.5 Å². The van der Waals surface area contributed by atoms with Crippen molar-refractivity contribution in [2.24, 2.45) is 0 Å². The van der Waals surface area contributed by atoms with E-state index in [0.29, 0.717) is 39.2 Å². The maximum atomic E-state index is 12.6. The van der Waals surface area contributed by atoms with Crippen molar-refractivity contribution in [3.8, 4) is 17.0 Å². The van der Waals surface area contributed by atoms with Crippen LogP contribution >= 0.6 is 11.8 Å². The maximum absolute atomic E-state index is 12.6. The predicted molar refractivity (Wildman–Crippen MR) is 134 cm³/mol. The molecule has 0 bridgehead atoms. The molecule has 1 heterocycles. The number of hydrogen-bond acceptors (Lipinski definition) is 5. The molecule has 3 aromatic carbocycles. The zero-order valence-electron chi connectivity index (χ0n) is 18.2. The quantitative estimate of drug-likeness (QED) is 0.211. The molecule has 0 aliphatic rings. The fourth-order valence-corrected chi connectivity index (χ4v) is 4.15. The van der Waals surface area contributed by atoms with Crippen molar-refractivity contribution in [3.05, 3.63) is 112 Å². The molecule has 0 saturated heterocycles. The molecule has 0 spiro atoms. The first-order valence-electron chi connectivity index (χ1n) is 10.3. The predicted octanol–water partition coefficient (Wildman–Crippen LogP) is 5.54. The van der Waals surface area contributed by atoms with E-state index in [1.165, 1.54) is 11.8 Å². The summed E-state index contributed by atoms with van der Waals surface area (Å²) < 4.78 is 5.26. The summed E-state index contributed by atoms with van der Waals surface area (Å²) in [5.41, 5.74) is 2.45. The van der Waals surface area contributed by atoms with Gasteiger partial charge in [0.2, 0.25) is 0 Å². The molecule has 168 valence electrons. The minimum Gasteiger partial charge on any atom is -0.497 e. The molecule has 0 saturated carbocycles. The van der Waals surface area contributed by atoms with Gasteiger partial charge in [-0.05, 0) is 41.5 Å². The van der Waals surface area contributed by atoms with Gasteiger partial charge in [0.15, 0.2) is 5.16 Å². The second kappa shape index (κ2) is 10.5. The van der Waals surface area contributed by atoms with Gasteiger partial charge in [-0.3, -0.25) is 9.59 Å². The lowest BCUT2D eigenvalue weighted by molar-refractivity contribution is 0.102. The van der Waals surface area contributed by atoms with Gasteiger partial charge in [0.25, 0.3) is 17.2 Å². The number of methoxy groups -OCH3 is 1. The van der Waals surface area contributed by atoms with E-state index in [-0.39, 0.29) is 11.6 Å². The monoisotopic (exact) mass is 468 g/mol. The van der Waals surface area contributed by atoms with Crippen LogP contribution in [0.25, 0.3) is 16.1 Å². The number of amides is 1. The highest BCUT2D eigenvalue weighted by Gasteiger charge is 2.15. The van der Waals surface area contributed by atoms with Crippen LogP contribution in [0.4, 0.5) is 11.4 Å². The molecule has 2 N–H and O–H groups in total. The Morgan fingerprint density at radius 1 is 1.09 bits per heavy atom. The molecule has 0 fully saturated rings. The Bertz CT molecular complexity index is 1430. The molecule has 4 aromatic rings. The zero-order valence-corrected chi connectivity index (χ0v) is 19.1. The van der Waals surface area contributed by atoms with Crippen LogP contribution in [0.5, 0.6) is 5.75 Å². The van der Waals surface area contributed by atoms with E-state index < -0.39 is 5.56 Å². The van der Waals surface area contributed by atoms with Crippen molar-refractivity contribution in [1.82, 2.24) is 9.97 Å². The van der Waals surface area contributed by atoms with Crippen LogP contribution in [-0.2, 0) is 5.75 Å². The number of para-hydroxylation sites is 1. The summed E-state index contributed by atoms with van der Waals surface area (Å²) >= 11 is 1.31. The molecule has 8 heteroatoms. The first-order valence-corrected chi connectivity index (χ1v) is 11.3. The number of thioether (sulfide) groups is 1. The molecule has 0 unspecified atom stereocenters. The molecule has 1 amide bonds. The summed E-state index contributed by atoms with van der Waals surface area (Å²) in [5.74, 6) is 0.849. The lowest BCUT2D eigenvalue weighted by Crippen LogP contribution is -2.13. The van der Waals surface area contributed by atoms with Gasteiger partial charge in [-0.1, -0.05) is 60.3 Å². The highest BCUT2D eigenvalue weighted by molar-refractivity contribution is 7.98. The fraction of sp³-hybridized carbons (Fsp3) is 0.0769. The molecule has 0 aliphatic heterocycles. The highest BCUT2D eigenvalue weighted by atomic mass is 32.2. The number of anilines is 1. The normalized spacial score (nSPS) is 10.4. The first kappa shape index (κ1) is 22.8. The number of hydrogen-bond donors (Lipinski definition) is 2. The number of aromatic amines is 1. The van der Waals surface area contributed by atoms with Gasteiger partial charge in [0.05, 0.1) is 19.4 Å². The number of benzene rings is 3. The van der Waals surface area contributed by atoms with E-state index in [2.05, 4.69) is 20.1 Å². The summed E-state index contributed by atoms with van der Waals surface area (Å²) in [6.45, 7) is 7.43. The molecule has 7 nitrogen and oxygen atoms in total. The second-order valence-electron chi connectivity index (χ2n) is 7.18. The summed E-state index contributed by atoms with van der Waals surface area (Å²) in [4.78, 5) is 35.8. The number of ether oxygens (including phenoxy) is 1. The third-order valence-electron chi connectivity index (χ3n) is 4.99. The van der Waals surface area contributed by atoms with Gasteiger partial charge < -0.3 is 15.0 Å². The molecule has 0 aliphatic carbocycles. The van der Waals surface area contributed by atoms with Crippen molar-refractivity contribution in [3.63, 3.8) is 0 Å². The van der Waals surface area contributed by atoms with Crippen molar-refractivity contribution < 1.29 is 9.53 Å². The van der Waals surface area contributed by atoms with Crippen LogP contribution in [0.1, 0.15) is 15.9 Å². The van der Waals surface area contributed by atoms with E-state index in [0.717, 1.165) is 5.56 Å². The Hall–Kier alpha value is -4.35. The Morgan fingerprint density at radius 3 is 2.62 bits per heavy atom. The van der Waals surface area contributed by atoms with Gasteiger partial charge in [-0.15, -0.1) is 0 Å². The van der Waals surface area contributed by atoms with E-state index in [4.69, 9.17) is 11.3 Å². The summed E-state index contributed by atoms with van der Waals surface area (Å²) in [6.07, 6.45) is 0.